The van der Waals surface area contributed by atoms with Crippen molar-refractivity contribution in [1.82, 2.24) is 0 Å². The number of hydrogen-bond acceptors (Lipinski definition) is 7. The summed E-state index contributed by atoms with van der Waals surface area (Å²) in [6, 6.07) is 0. The van der Waals surface area contributed by atoms with Gasteiger partial charge in [0.25, 0.3) is 0 Å². The van der Waals surface area contributed by atoms with E-state index in [0.29, 0.717) is 32.1 Å². The summed E-state index contributed by atoms with van der Waals surface area (Å²) in [6.45, 7) is 9.08. The van der Waals surface area contributed by atoms with Crippen molar-refractivity contribution in [3.05, 3.63) is 0 Å². The van der Waals surface area contributed by atoms with E-state index in [9.17, 15) is 35.4 Å². The van der Waals surface area contributed by atoms with Gasteiger partial charge < -0.3 is 30.6 Å². The first-order chi connectivity index (χ1) is 15.5. The van der Waals surface area contributed by atoms with Gasteiger partial charge in [-0.05, 0) is 95.3 Å². The van der Waals surface area contributed by atoms with E-state index < -0.39 is 45.9 Å². The molecular weight excluding hydrogens is 436 g/mol. The summed E-state index contributed by atoms with van der Waals surface area (Å²) in [7, 11) is 0. The normalized spacial score (nSPS) is 49.6. The van der Waals surface area contributed by atoms with Crippen LogP contribution in [0.1, 0.15) is 92.4 Å². The predicted molar refractivity (Wildman–Crippen MR) is 127 cm³/mol. The lowest BCUT2D eigenvalue weighted by Gasteiger charge is -2.64. The Morgan fingerprint density at radius 1 is 1.03 bits per heavy atom. The Hall–Kier alpha value is -0.570. The number of Topliss-reactive ketones (excluding diaryl/α,β-unsaturated/α-hetero) is 1. The number of ketones is 1. The maximum Gasteiger partial charge on any atom is 0.137 e. The van der Waals surface area contributed by atoms with Crippen LogP contribution in [0.5, 0.6) is 0 Å². The Bertz CT molecular complexity index is 805. The SMILES string of the molecule is CC(C)(O)CC[C@@H](O)C(C)(O)[C@H]1CC[C@@]2(O)C3CC(=O)[C@@H]4C[C@@H](O)[C@@H](O)C[C@]4(C)C3CC[C@]12C. The first kappa shape index (κ1) is 26.5. The second kappa shape index (κ2) is 8.22. The first-order valence-corrected chi connectivity index (χ1v) is 13.2. The van der Waals surface area contributed by atoms with E-state index in [2.05, 4.69) is 6.92 Å². The Morgan fingerprint density at radius 2 is 1.68 bits per heavy atom. The Balaban J connectivity index is 1.62. The molecule has 3 unspecified atom stereocenters. The number of rotatable bonds is 5. The summed E-state index contributed by atoms with van der Waals surface area (Å²) in [6.07, 6.45) is 1.18. The van der Waals surface area contributed by atoms with E-state index in [-0.39, 0.29) is 48.7 Å². The quantitative estimate of drug-likeness (QED) is 0.352. The fourth-order valence-electron chi connectivity index (χ4n) is 8.98. The van der Waals surface area contributed by atoms with Gasteiger partial charge >= 0.3 is 0 Å². The maximum absolute atomic E-state index is 13.3. The molecule has 0 aromatic heterocycles. The molecular formula is C27H46O7. The lowest BCUT2D eigenvalue weighted by Crippen LogP contribution is -2.66. The third-order valence-corrected chi connectivity index (χ3v) is 11.1. The zero-order chi connectivity index (χ0) is 25.5. The standard InChI is InChI=1S/C27H46O7/c1-23(2,32)9-8-22(31)26(5,33)21-7-11-27(34)16-12-18(28)17-13-19(29)20(30)14-24(17,3)15(16)6-10-25(21,27)4/h15-17,19-22,29-34H,6-14H2,1-5H3/t15?,16?,17-,19+,20-,21-,22+,24+,25+,26?,27+/m0/s1. The van der Waals surface area contributed by atoms with Gasteiger partial charge in [-0.1, -0.05) is 13.8 Å². The molecule has 0 aromatic rings. The lowest BCUT2D eigenvalue weighted by atomic mass is 9.42. The third-order valence-electron chi connectivity index (χ3n) is 11.1. The molecule has 0 spiro atoms. The van der Waals surface area contributed by atoms with Crippen molar-refractivity contribution in [1.29, 1.82) is 0 Å². The number of aliphatic hydroxyl groups excluding tert-OH is 3. The van der Waals surface area contributed by atoms with Crippen molar-refractivity contribution in [3.8, 4) is 0 Å². The highest BCUT2D eigenvalue weighted by molar-refractivity contribution is 5.83. The molecule has 4 saturated carbocycles. The zero-order valence-corrected chi connectivity index (χ0v) is 21.5. The first-order valence-electron chi connectivity index (χ1n) is 13.2. The molecule has 6 N–H and O–H groups in total. The molecule has 4 rings (SSSR count). The van der Waals surface area contributed by atoms with E-state index in [1.165, 1.54) is 0 Å². The third kappa shape index (κ3) is 3.81. The van der Waals surface area contributed by atoms with Crippen LogP contribution < -0.4 is 0 Å². The molecule has 4 aliphatic rings. The average molecular weight is 483 g/mol. The summed E-state index contributed by atoms with van der Waals surface area (Å²) in [5.41, 5.74) is -4.66. The number of carbonyl (C=O) groups excluding carboxylic acids is 1. The summed E-state index contributed by atoms with van der Waals surface area (Å²) in [4.78, 5) is 13.3. The van der Waals surface area contributed by atoms with Crippen LogP contribution in [0, 0.1) is 34.5 Å². The molecule has 7 heteroatoms. The van der Waals surface area contributed by atoms with Gasteiger partial charge in [0.05, 0.1) is 35.1 Å². The predicted octanol–water partition coefficient (Wildman–Crippen LogP) is 1.93. The summed E-state index contributed by atoms with van der Waals surface area (Å²) in [5, 5.41) is 65.6. The van der Waals surface area contributed by atoms with Gasteiger partial charge in [0, 0.05) is 17.8 Å². The lowest BCUT2D eigenvalue weighted by molar-refractivity contribution is -0.232. The fourth-order valence-corrected chi connectivity index (χ4v) is 8.98. The van der Waals surface area contributed by atoms with E-state index in [1.54, 1.807) is 20.8 Å². The van der Waals surface area contributed by atoms with Gasteiger partial charge in [0.15, 0.2) is 0 Å². The van der Waals surface area contributed by atoms with Crippen LogP contribution in [0.25, 0.3) is 0 Å². The second-order valence-corrected chi connectivity index (χ2v) is 13.6. The molecule has 0 radical (unpaired) electrons. The van der Waals surface area contributed by atoms with Gasteiger partial charge in [0.2, 0.25) is 0 Å². The highest BCUT2D eigenvalue weighted by atomic mass is 16.3. The van der Waals surface area contributed by atoms with E-state index in [4.69, 9.17) is 0 Å². The Morgan fingerprint density at radius 3 is 2.29 bits per heavy atom. The van der Waals surface area contributed by atoms with Crippen LogP contribution in [0.15, 0.2) is 0 Å². The van der Waals surface area contributed by atoms with Crippen molar-refractivity contribution in [2.75, 3.05) is 0 Å². The number of carbonyl (C=O) groups is 1. The number of aliphatic hydroxyl groups is 6. The minimum Gasteiger partial charge on any atom is -0.390 e. The average Bonchev–Trinajstić information content (AvgIpc) is 3.00. The summed E-state index contributed by atoms with van der Waals surface area (Å²) in [5.74, 6) is -0.796. The highest BCUT2D eigenvalue weighted by Gasteiger charge is 2.71. The maximum atomic E-state index is 13.3. The highest BCUT2D eigenvalue weighted by Crippen LogP contribution is 2.69. The number of fused-ring (bicyclic) bond motifs is 5. The number of hydrogen-bond donors (Lipinski definition) is 6. The molecule has 11 atom stereocenters. The topological polar surface area (TPSA) is 138 Å². The molecule has 0 saturated heterocycles. The molecule has 0 heterocycles. The Kier molecular flexibility index (Phi) is 6.40. The summed E-state index contributed by atoms with van der Waals surface area (Å²) < 4.78 is 0. The molecule has 0 aromatic carbocycles. The van der Waals surface area contributed by atoms with Crippen molar-refractivity contribution in [2.24, 2.45) is 34.5 Å². The van der Waals surface area contributed by atoms with Gasteiger partial charge in [-0.15, -0.1) is 0 Å². The smallest absolute Gasteiger partial charge is 0.137 e. The zero-order valence-electron chi connectivity index (χ0n) is 21.5. The minimum absolute atomic E-state index is 0.0548. The van der Waals surface area contributed by atoms with Crippen LogP contribution in [0.2, 0.25) is 0 Å². The van der Waals surface area contributed by atoms with Crippen LogP contribution in [-0.4, -0.2) is 71.5 Å². The molecule has 0 bridgehead atoms. The van der Waals surface area contributed by atoms with Gasteiger partial charge in [-0.25, -0.2) is 0 Å². The second-order valence-electron chi connectivity index (χ2n) is 13.6. The van der Waals surface area contributed by atoms with Gasteiger partial charge in [-0.2, -0.15) is 0 Å². The summed E-state index contributed by atoms with van der Waals surface area (Å²) >= 11 is 0. The van der Waals surface area contributed by atoms with E-state index in [0.717, 1.165) is 6.42 Å². The largest absolute Gasteiger partial charge is 0.390 e. The van der Waals surface area contributed by atoms with Gasteiger partial charge in [-0.3, -0.25) is 4.79 Å². The molecule has 34 heavy (non-hydrogen) atoms. The van der Waals surface area contributed by atoms with Crippen molar-refractivity contribution in [3.63, 3.8) is 0 Å². The molecule has 196 valence electrons. The van der Waals surface area contributed by atoms with Crippen LogP contribution >= 0.6 is 0 Å². The van der Waals surface area contributed by atoms with Gasteiger partial charge in [0.1, 0.15) is 5.78 Å². The van der Waals surface area contributed by atoms with Crippen LogP contribution in [0.3, 0.4) is 0 Å². The van der Waals surface area contributed by atoms with Crippen molar-refractivity contribution in [2.45, 2.75) is 128 Å². The van der Waals surface area contributed by atoms with Crippen molar-refractivity contribution < 1.29 is 35.4 Å². The molecule has 4 fully saturated rings. The molecule has 0 aliphatic heterocycles. The van der Waals surface area contributed by atoms with Crippen LogP contribution in [-0.2, 0) is 4.79 Å². The minimum atomic E-state index is -1.44. The fraction of sp³-hybridized carbons (Fsp3) is 0.963. The molecule has 0 amide bonds. The van der Waals surface area contributed by atoms with Crippen LogP contribution in [0.4, 0.5) is 0 Å². The molecule has 4 aliphatic carbocycles. The van der Waals surface area contributed by atoms with Crippen molar-refractivity contribution >= 4 is 5.78 Å². The Labute approximate surface area is 203 Å². The van der Waals surface area contributed by atoms with E-state index in [1.807, 2.05) is 6.92 Å². The van der Waals surface area contributed by atoms with E-state index >= 15 is 0 Å². The monoisotopic (exact) mass is 482 g/mol. The molecule has 7 nitrogen and oxygen atoms in total.